The van der Waals surface area contributed by atoms with Crippen LogP contribution in [-0.4, -0.2) is 38.2 Å². The second kappa shape index (κ2) is 6.29. The van der Waals surface area contributed by atoms with Crippen LogP contribution in [0.25, 0.3) is 0 Å². The van der Waals surface area contributed by atoms with E-state index in [0.717, 1.165) is 0 Å². The Morgan fingerprint density at radius 3 is 2.71 bits per heavy atom. The molecule has 1 heterocycles. The molecule has 1 aromatic heterocycles. The van der Waals surface area contributed by atoms with Crippen molar-refractivity contribution in [2.24, 2.45) is 0 Å². The summed E-state index contributed by atoms with van der Waals surface area (Å²) in [5, 5.41) is 2.91. The van der Waals surface area contributed by atoms with Crippen LogP contribution in [0.5, 0.6) is 0 Å². The molecule has 0 bridgehead atoms. The fraction of sp³-hybridized carbons (Fsp3) is 0.556. The first-order valence-electron chi connectivity index (χ1n) is 4.98. The SMILES string of the molecule is CNS(=O)(=O)c1ccc(CNCCS(C)=O)o1. The molecule has 1 unspecified atom stereocenters. The number of rotatable bonds is 7. The third-order valence-corrected chi connectivity index (χ3v) is 4.10. The van der Waals surface area contributed by atoms with Crippen molar-refractivity contribution in [2.75, 3.05) is 25.6 Å². The molecule has 98 valence electrons. The lowest BCUT2D eigenvalue weighted by atomic mass is 10.4. The van der Waals surface area contributed by atoms with Crippen LogP contribution in [0.3, 0.4) is 0 Å². The van der Waals surface area contributed by atoms with E-state index in [-0.39, 0.29) is 5.09 Å². The Labute approximate surface area is 103 Å². The predicted octanol–water partition coefficient (Wildman–Crippen LogP) is -0.344. The Balaban J connectivity index is 2.49. The van der Waals surface area contributed by atoms with E-state index in [2.05, 4.69) is 10.0 Å². The van der Waals surface area contributed by atoms with E-state index < -0.39 is 20.8 Å². The maximum absolute atomic E-state index is 11.4. The van der Waals surface area contributed by atoms with Gasteiger partial charge in [0, 0.05) is 29.4 Å². The number of nitrogens with one attached hydrogen (secondary N) is 2. The molecular formula is C9H16N2O4S2. The Kier molecular flexibility index (Phi) is 5.31. The zero-order chi connectivity index (χ0) is 12.9. The van der Waals surface area contributed by atoms with Crippen molar-refractivity contribution >= 4 is 20.8 Å². The van der Waals surface area contributed by atoms with Crippen LogP contribution in [0.2, 0.25) is 0 Å². The summed E-state index contributed by atoms with van der Waals surface area (Å²) in [5.41, 5.74) is 0. The van der Waals surface area contributed by atoms with E-state index in [4.69, 9.17) is 4.42 Å². The van der Waals surface area contributed by atoms with E-state index in [1.807, 2.05) is 0 Å². The van der Waals surface area contributed by atoms with E-state index in [9.17, 15) is 12.6 Å². The highest BCUT2D eigenvalue weighted by atomic mass is 32.2. The molecule has 1 rings (SSSR count). The monoisotopic (exact) mass is 280 g/mol. The molecule has 0 aliphatic heterocycles. The van der Waals surface area contributed by atoms with Crippen LogP contribution in [0.1, 0.15) is 5.76 Å². The topological polar surface area (TPSA) is 88.4 Å². The minimum atomic E-state index is -3.51. The third kappa shape index (κ3) is 4.58. The molecule has 8 heteroatoms. The molecule has 0 fully saturated rings. The molecule has 0 radical (unpaired) electrons. The van der Waals surface area contributed by atoms with Crippen LogP contribution in [0.15, 0.2) is 21.6 Å². The Hall–Kier alpha value is -0.700. The summed E-state index contributed by atoms with van der Waals surface area (Å²) in [6, 6.07) is 3.00. The van der Waals surface area contributed by atoms with Gasteiger partial charge in [0.25, 0.3) is 10.0 Å². The van der Waals surface area contributed by atoms with Crippen LogP contribution in [-0.2, 0) is 27.4 Å². The minimum Gasteiger partial charge on any atom is -0.447 e. The van der Waals surface area contributed by atoms with Crippen LogP contribution >= 0.6 is 0 Å². The fourth-order valence-electron chi connectivity index (χ4n) is 1.13. The zero-order valence-corrected chi connectivity index (χ0v) is 11.4. The Morgan fingerprint density at radius 2 is 2.12 bits per heavy atom. The highest BCUT2D eigenvalue weighted by Crippen LogP contribution is 2.12. The van der Waals surface area contributed by atoms with Gasteiger partial charge in [0.1, 0.15) is 5.76 Å². The average molecular weight is 280 g/mol. The largest absolute Gasteiger partial charge is 0.447 e. The second-order valence-corrected chi connectivity index (χ2v) is 6.75. The van der Waals surface area contributed by atoms with Crippen molar-refractivity contribution in [1.29, 1.82) is 0 Å². The molecule has 2 N–H and O–H groups in total. The van der Waals surface area contributed by atoms with Gasteiger partial charge in [0.05, 0.1) is 6.54 Å². The summed E-state index contributed by atoms with van der Waals surface area (Å²) in [5.74, 6) is 1.09. The lowest BCUT2D eigenvalue weighted by Crippen LogP contribution is -2.19. The molecule has 0 saturated carbocycles. The predicted molar refractivity (Wildman–Crippen MR) is 65.6 cm³/mol. The average Bonchev–Trinajstić information content (AvgIpc) is 2.73. The van der Waals surface area contributed by atoms with Gasteiger partial charge in [-0.25, -0.2) is 13.1 Å². The van der Waals surface area contributed by atoms with Gasteiger partial charge in [-0.15, -0.1) is 0 Å². The van der Waals surface area contributed by atoms with Crippen molar-refractivity contribution in [3.8, 4) is 0 Å². The molecule has 0 aliphatic carbocycles. The van der Waals surface area contributed by atoms with Crippen LogP contribution < -0.4 is 10.0 Å². The normalized spacial score (nSPS) is 13.8. The van der Waals surface area contributed by atoms with Gasteiger partial charge in [-0.3, -0.25) is 4.21 Å². The van der Waals surface area contributed by atoms with E-state index >= 15 is 0 Å². The Bertz CT molecular complexity index is 481. The van der Waals surface area contributed by atoms with Crippen molar-refractivity contribution in [3.05, 3.63) is 17.9 Å². The van der Waals surface area contributed by atoms with E-state index in [0.29, 0.717) is 24.6 Å². The van der Waals surface area contributed by atoms with Crippen molar-refractivity contribution < 1.29 is 17.0 Å². The zero-order valence-electron chi connectivity index (χ0n) is 9.73. The molecule has 6 nitrogen and oxygen atoms in total. The smallest absolute Gasteiger partial charge is 0.273 e. The molecule has 0 spiro atoms. The van der Waals surface area contributed by atoms with Crippen molar-refractivity contribution in [3.63, 3.8) is 0 Å². The van der Waals surface area contributed by atoms with Crippen LogP contribution in [0.4, 0.5) is 0 Å². The summed E-state index contributed by atoms with van der Waals surface area (Å²) in [6.45, 7) is 1.01. The first kappa shape index (κ1) is 14.4. The molecule has 1 aromatic rings. The second-order valence-electron chi connectivity index (χ2n) is 3.38. The van der Waals surface area contributed by atoms with Gasteiger partial charge in [-0.1, -0.05) is 0 Å². The van der Waals surface area contributed by atoms with Crippen molar-refractivity contribution in [1.82, 2.24) is 10.0 Å². The number of hydrogen-bond acceptors (Lipinski definition) is 5. The lowest BCUT2D eigenvalue weighted by molar-refractivity contribution is 0.402. The molecule has 0 amide bonds. The Morgan fingerprint density at radius 1 is 1.41 bits per heavy atom. The van der Waals surface area contributed by atoms with Crippen LogP contribution in [0, 0.1) is 0 Å². The molecule has 0 aliphatic rings. The van der Waals surface area contributed by atoms with Crippen molar-refractivity contribution in [2.45, 2.75) is 11.6 Å². The summed E-state index contributed by atoms with van der Waals surface area (Å²) in [4.78, 5) is 0. The number of hydrogen-bond donors (Lipinski definition) is 2. The van der Waals surface area contributed by atoms with Gasteiger partial charge in [0.2, 0.25) is 5.09 Å². The van der Waals surface area contributed by atoms with Gasteiger partial charge in [-0.2, -0.15) is 0 Å². The standard InChI is InChI=1S/C9H16N2O4S2/c1-10-17(13,14)9-4-3-8(15-9)7-11-5-6-16(2)12/h3-4,10-11H,5-7H2,1-2H3. The first-order valence-corrected chi connectivity index (χ1v) is 8.20. The first-order chi connectivity index (χ1) is 7.95. The van der Waals surface area contributed by atoms with Gasteiger partial charge < -0.3 is 9.73 Å². The molecular weight excluding hydrogens is 264 g/mol. The summed E-state index contributed by atoms with van der Waals surface area (Å²) in [7, 11) is -3.02. The highest BCUT2D eigenvalue weighted by molar-refractivity contribution is 7.89. The molecule has 1 atom stereocenters. The third-order valence-electron chi connectivity index (χ3n) is 2.04. The minimum absolute atomic E-state index is 0.101. The fourth-order valence-corrected chi connectivity index (χ4v) is 2.22. The van der Waals surface area contributed by atoms with Gasteiger partial charge in [-0.05, 0) is 19.2 Å². The quantitative estimate of drug-likeness (QED) is 0.667. The lowest BCUT2D eigenvalue weighted by Gasteiger charge is -2.00. The summed E-state index contributed by atoms with van der Waals surface area (Å²) < 4.78 is 40.9. The van der Waals surface area contributed by atoms with E-state index in [1.165, 1.54) is 13.1 Å². The molecule has 17 heavy (non-hydrogen) atoms. The molecule has 0 saturated heterocycles. The maximum Gasteiger partial charge on any atom is 0.273 e. The molecule has 0 aromatic carbocycles. The number of furan rings is 1. The van der Waals surface area contributed by atoms with Gasteiger partial charge >= 0.3 is 0 Å². The summed E-state index contributed by atoms with van der Waals surface area (Å²) in [6.07, 6.45) is 1.63. The van der Waals surface area contributed by atoms with E-state index in [1.54, 1.807) is 12.3 Å². The maximum atomic E-state index is 11.4. The highest BCUT2D eigenvalue weighted by Gasteiger charge is 2.15. The number of sulfonamides is 1. The van der Waals surface area contributed by atoms with Gasteiger partial charge in [0.15, 0.2) is 0 Å². The summed E-state index contributed by atoms with van der Waals surface area (Å²) >= 11 is 0.